The van der Waals surface area contributed by atoms with Crippen molar-refractivity contribution in [3.05, 3.63) is 82.9 Å². The zero-order valence-corrected chi connectivity index (χ0v) is 20.9. The van der Waals surface area contributed by atoms with Crippen LogP contribution in [0.3, 0.4) is 0 Å². The third-order valence-corrected chi connectivity index (χ3v) is 6.58. The Morgan fingerprint density at radius 3 is 2.20 bits per heavy atom. The highest BCUT2D eigenvalue weighted by Gasteiger charge is 2.32. The first kappa shape index (κ1) is 24.9. The van der Waals surface area contributed by atoms with Gasteiger partial charge < -0.3 is 14.2 Å². The van der Waals surface area contributed by atoms with E-state index in [2.05, 4.69) is 12.2 Å². The van der Waals surface area contributed by atoms with Gasteiger partial charge in [0, 0.05) is 11.4 Å². The summed E-state index contributed by atoms with van der Waals surface area (Å²) in [6.45, 7) is 3.14. The standard InChI is InChI=1S/C27H26ClNO5S/c1-2-4-19-17-23(13-14-24(19)34-22-11-7-20(28)8-12-22)33-16-3-15-32-21-9-5-18(6-10-21)25-26(30)29-27(31)35-25/h5-14,17,25H,2-4,15-16H2,1H3,(H,29,30,31). The minimum absolute atomic E-state index is 0.280. The second kappa shape index (κ2) is 12.0. The predicted octanol–water partition coefficient (Wildman–Crippen LogP) is 6.96. The van der Waals surface area contributed by atoms with E-state index in [1.807, 2.05) is 54.6 Å². The van der Waals surface area contributed by atoms with Gasteiger partial charge in [-0.1, -0.05) is 37.1 Å². The maximum Gasteiger partial charge on any atom is 0.286 e. The van der Waals surface area contributed by atoms with Crippen LogP contribution in [0.4, 0.5) is 4.79 Å². The Kier molecular flexibility index (Phi) is 8.55. The van der Waals surface area contributed by atoms with Crippen LogP contribution < -0.4 is 19.5 Å². The van der Waals surface area contributed by atoms with Crippen LogP contribution in [-0.2, 0) is 11.2 Å². The molecule has 3 aromatic carbocycles. The first-order chi connectivity index (χ1) is 17.0. The fourth-order valence-corrected chi connectivity index (χ4v) is 4.55. The minimum atomic E-state index is -0.495. The number of hydrogen-bond donors (Lipinski definition) is 1. The van der Waals surface area contributed by atoms with E-state index in [-0.39, 0.29) is 11.1 Å². The lowest BCUT2D eigenvalue weighted by atomic mass is 10.1. The quantitative estimate of drug-likeness (QED) is 0.280. The molecular weight excluding hydrogens is 486 g/mol. The molecule has 6 nitrogen and oxygen atoms in total. The summed E-state index contributed by atoms with van der Waals surface area (Å²) in [5.41, 5.74) is 1.87. The van der Waals surface area contributed by atoms with Crippen LogP contribution in [0.1, 0.15) is 36.1 Å². The number of amides is 2. The summed E-state index contributed by atoms with van der Waals surface area (Å²) < 4.78 is 17.8. The van der Waals surface area contributed by atoms with E-state index in [1.54, 1.807) is 12.1 Å². The van der Waals surface area contributed by atoms with Gasteiger partial charge in [0.25, 0.3) is 5.24 Å². The summed E-state index contributed by atoms with van der Waals surface area (Å²) >= 11 is 6.95. The number of carbonyl (C=O) groups excluding carboxylic acids is 2. The molecule has 0 saturated carbocycles. The molecule has 0 aromatic heterocycles. The molecule has 182 valence electrons. The summed E-state index contributed by atoms with van der Waals surface area (Å²) in [5.74, 6) is 2.77. The Morgan fingerprint density at radius 2 is 1.54 bits per heavy atom. The van der Waals surface area contributed by atoms with E-state index in [9.17, 15) is 9.59 Å². The minimum Gasteiger partial charge on any atom is -0.493 e. The number of carbonyl (C=O) groups is 2. The molecule has 1 fully saturated rings. The van der Waals surface area contributed by atoms with Gasteiger partial charge in [-0.05, 0) is 83.9 Å². The monoisotopic (exact) mass is 511 g/mol. The summed E-state index contributed by atoms with van der Waals surface area (Å²) in [7, 11) is 0. The van der Waals surface area contributed by atoms with E-state index in [0.29, 0.717) is 30.4 Å². The van der Waals surface area contributed by atoms with Gasteiger partial charge in [0.2, 0.25) is 5.91 Å². The molecule has 0 bridgehead atoms. The third kappa shape index (κ3) is 6.93. The van der Waals surface area contributed by atoms with Gasteiger partial charge in [0.1, 0.15) is 28.2 Å². The first-order valence-electron chi connectivity index (χ1n) is 11.4. The summed E-state index contributed by atoms with van der Waals surface area (Å²) in [4.78, 5) is 23.1. The average molecular weight is 512 g/mol. The van der Waals surface area contributed by atoms with Crippen molar-refractivity contribution < 1.29 is 23.8 Å². The van der Waals surface area contributed by atoms with Crippen molar-refractivity contribution in [1.82, 2.24) is 5.32 Å². The molecular formula is C27H26ClNO5S. The normalized spacial score (nSPS) is 15.1. The smallest absolute Gasteiger partial charge is 0.286 e. The second-order valence-corrected chi connectivity index (χ2v) is 9.48. The molecule has 2 amide bonds. The summed E-state index contributed by atoms with van der Waals surface area (Å²) in [5, 5.41) is 2.16. The van der Waals surface area contributed by atoms with Crippen molar-refractivity contribution in [3.8, 4) is 23.0 Å². The Labute approximate surface area is 213 Å². The molecule has 1 aliphatic rings. The molecule has 3 aromatic rings. The van der Waals surface area contributed by atoms with Crippen LogP contribution in [0.25, 0.3) is 0 Å². The number of aryl methyl sites for hydroxylation is 1. The van der Waals surface area contributed by atoms with Crippen molar-refractivity contribution >= 4 is 34.5 Å². The van der Waals surface area contributed by atoms with E-state index >= 15 is 0 Å². The number of rotatable bonds is 11. The van der Waals surface area contributed by atoms with Crippen molar-refractivity contribution in [3.63, 3.8) is 0 Å². The fraction of sp³-hybridized carbons (Fsp3) is 0.259. The molecule has 4 rings (SSSR count). The van der Waals surface area contributed by atoms with E-state index in [4.69, 9.17) is 25.8 Å². The van der Waals surface area contributed by atoms with Gasteiger partial charge in [-0.25, -0.2) is 0 Å². The van der Waals surface area contributed by atoms with Crippen LogP contribution in [0, 0.1) is 0 Å². The lowest BCUT2D eigenvalue weighted by molar-refractivity contribution is -0.119. The van der Waals surface area contributed by atoms with Crippen molar-refractivity contribution in [2.75, 3.05) is 13.2 Å². The number of ether oxygens (including phenoxy) is 3. The Bertz CT molecular complexity index is 1170. The van der Waals surface area contributed by atoms with Gasteiger partial charge >= 0.3 is 0 Å². The average Bonchev–Trinajstić information content (AvgIpc) is 3.20. The Hall–Kier alpha value is -3.16. The maximum absolute atomic E-state index is 11.8. The van der Waals surface area contributed by atoms with Gasteiger partial charge in [0.05, 0.1) is 13.2 Å². The molecule has 8 heteroatoms. The predicted molar refractivity (Wildman–Crippen MR) is 138 cm³/mol. The number of benzene rings is 3. The van der Waals surface area contributed by atoms with Crippen molar-refractivity contribution in [2.45, 2.75) is 31.4 Å². The number of thioether (sulfide) groups is 1. The fourth-order valence-electron chi connectivity index (χ4n) is 3.59. The maximum atomic E-state index is 11.8. The molecule has 1 atom stereocenters. The SMILES string of the molecule is CCCc1cc(OCCCOc2ccc(C3SC(=O)NC3=O)cc2)ccc1Oc1ccc(Cl)cc1. The van der Waals surface area contributed by atoms with E-state index in [1.165, 1.54) is 0 Å². The zero-order valence-electron chi connectivity index (χ0n) is 19.3. The van der Waals surface area contributed by atoms with Gasteiger partial charge in [-0.15, -0.1) is 0 Å². The molecule has 0 radical (unpaired) electrons. The molecule has 1 saturated heterocycles. The third-order valence-electron chi connectivity index (χ3n) is 5.29. The van der Waals surface area contributed by atoms with Crippen LogP contribution in [0.15, 0.2) is 66.7 Å². The van der Waals surface area contributed by atoms with Crippen LogP contribution in [-0.4, -0.2) is 24.4 Å². The molecule has 1 N–H and O–H groups in total. The topological polar surface area (TPSA) is 73.9 Å². The Balaban J connectivity index is 1.24. The molecule has 0 spiro atoms. The molecule has 35 heavy (non-hydrogen) atoms. The molecule has 1 aliphatic heterocycles. The summed E-state index contributed by atoms with van der Waals surface area (Å²) in [6, 6.07) is 20.4. The summed E-state index contributed by atoms with van der Waals surface area (Å²) in [6.07, 6.45) is 2.59. The van der Waals surface area contributed by atoms with Crippen molar-refractivity contribution in [1.29, 1.82) is 0 Å². The highest BCUT2D eigenvalue weighted by atomic mass is 35.5. The van der Waals surface area contributed by atoms with Crippen LogP contribution in [0.5, 0.6) is 23.0 Å². The van der Waals surface area contributed by atoms with Gasteiger partial charge in [0.15, 0.2) is 0 Å². The number of imide groups is 1. The van der Waals surface area contributed by atoms with Crippen LogP contribution >= 0.6 is 23.4 Å². The lowest BCUT2D eigenvalue weighted by Crippen LogP contribution is -2.20. The molecule has 1 heterocycles. The largest absolute Gasteiger partial charge is 0.493 e. The molecule has 1 unspecified atom stereocenters. The van der Waals surface area contributed by atoms with Crippen LogP contribution in [0.2, 0.25) is 5.02 Å². The molecule has 0 aliphatic carbocycles. The number of halogens is 1. The van der Waals surface area contributed by atoms with Gasteiger partial charge in [-0.2, -0.15) is 0 Å². The number of hydrogen-bond acceptors (Lipinski definition) is 6. The second-order valence-electron chi connectivity index (χ2n) is 7.97. The van der Waals surface area contributed by atoms with Crippen molar-refractivity contribution in [2.24, 2.45) is 0 Å². The van der Waals surface area contributed by atoms with Gasteiger partial charge in [-0.3, -0.25) is 14.9 Å². The highest BCUT2D eigenvalue weighted by Crippen LogP contribution is 2.35. The van der Waals surface area contributed by atoms with E-state index < -0.39 is 5.25 Å². The first-order valence-corrected chi connectivity index (χ1v) is 12.7. The highest BCUT2D eigenvalue weighted by molar-refractivity contribution is 8.15. The Morgan fingerprint density at radius 1 is 0.886 bits per heavy atom. The lowest BCUT2D eigenvalue weighted by Gasteiger charge is -2.14. The number of nitrogens with one attached hydrogen (secondary N) is 1. The zero-order chi connectivity index (χ0) is 24.6. The van der Waals surface area contributed by atoms with E-state index in [0.717, 1.165) is 53.0 Å².